The average molecular weight is 366 g/mol. The number of anilines is 1. The molecule has 1 aliphatic heterocycles. The van der Waals surface area contributed by atoms with E-state index in [2.05, 4.69) is 26.2 Å². The average Bonchev–Trinajstić information content (AvgIpc) is 2.53. The Balaban J connectivity index is 1.92. The maximum atomic E-state index is 12.5. The Labute approximate surface area is 135 Å². The van der Waals surface area contributed by atoms with Crippen molar-refractivity contribution < 1.29 is 14.6 Å². The largest absolute Gasteiger partial charge is 0.396 e. The number of carbonyl (C=O) groups excluding carboxylic acids is 1. The summed E-state index contributed by atoms with van der Waals surface area (Å²) < 4.78 is 5.91. The summed E-state index contributed by atoms with van der Waals surface area (Å²) in [6.07, 6.45) is 1.50. The molecule has 2 aromatic rings. The maximum Gasteiger partial charge on any atom is 0.253 e. The van der Waals surface area contributed by atoms with Crippen LogP contribution >= 0.6 is 15.9 Å². The number of amides is 1. The zero-order valence-electron chi connectivity index (χ0n) is 11.8. The normalized spacial score (nSPS) is 21.7. The lowest BCUT2D eigenvalue weighted by Crippen LogP contribution is -2.48. The molecule has 6 nitrogen and oxygen atoms in total. The fourth-order valence-corrected chi connectivity index (χ4v) is 3.10. The highest BCUT2D eigenvalue weighted by atomic mass is 79.9. The molecule has 0 saturated carbocycles. The Morgan fingerprint density at radius 2 is 2.36 bits per heavy atom. The van der Waals surface area contributed by atoms with Gasteiger partial charge in [-0.3, -0.25) is 9.78 Å². The first-order valence-electron chi connectivity index (χ1n) is 6.97. The quantitative estimate of drug-likeness (QED) is 0.700. The molecule has 0 aliphatic carbocycles. The molecule has 0 radical (unpaired) electrons. The predicted octanol–water partition coefficient (Wildman–Crippen LogP) is 1.46. The molecule has 0 spiro atoms. The van der Waals surface area contributed by atoms with Crippen LogP contribution in [0, 0.1) is 0 Å². The smallest absolute Gasteiger partial charge is 0.253 e. The molecule has 7 heteroatoms. The van der Waals surface area contributed by atoms with E-state index in [1.807, 2.05) is 12.1 Å². The second-order valence-corrected chi connectivity index (χ2v) is 6.08. The van der Waals surface area contributed by atoms with Gasteiger partial charge >= 0.3 is 0 Å². The first kappa shape index (κ1) is 15.2. The Kier molecular flexibility index (Phi) is 4.28. The second-order valence-electron chi connectivity index (χ2n) is 5.23. The second kappa shape index (κ2) is 6.20. The van der Waals surface area contributed by atoms with Crippen LogP contribution in [0.5, 0.6) is 0 Å². The Morgan fingerprint density at radius 3 is 3.14 bits per heavy atom. The van der Waals surface area contributed by atoms with Crippen LogP contribution in [0.4, 0.5) is 5.69 Å². The van der Waals surface area contributed by atoms with Gasteiger partial charge in [0, 0.05) is 22.7 Å². The SMILES string of the molecule is Nc1c(C(=O)NC2CCOCC2O)cc(Br)c2cccnc12. The van der Waals surface area contributed by atoms with Crippen LogP contribution in [0.1, 0.15) is 16.8 Å². The number of nitrogen functional groups attached to an aromatic ring is 1. The molecule has 3 rings (SSSR count). The first-order valence-corrected chi connectivity index (χ1v) is 7.76. The zero-order chi connectivity index (χ0) is 15.7. The van der Waals surface area contributed by atoms with Gasteiger partial charge in [-0.05, 0) is 18.6 Å². The first-order chi connectivity index (χ1) is 10.6. The van der Waals surface area contributed by atoms with Crippen LogP contribution in [0.3, 0.4) is 0 Å². The molecule has 4 N–H and O–H groups in total. The van der Waals surface area contributed by atoms with E-state index in [0.29, 0.717) is 29.8 Å². The zero-order valence-corrected chi connectivity index (χ0v) is 13.3. The molecule has 1 saturated heterocycles. The van der Waals surface area contributed by atoms with Crippen molar-refractivity contribution in [3.8, 4) is 0 Å². The van der Waals surface area contributed by atoms with E-state index >= 15 is 0 Å². The maximum absolute atomic E-state index is 12.5. The molecule has 22 heavy (non-hydrogen) atoms. The molecular formula is C15H16BrN3O3. The molecule has 2 heterocycles. The third-order valence-corrected chi connectivity index (χ3v) is 4.42. The third-order valence-electron chi connectivity index (χ3n) is 3.77. The number of aliphatic hydroxyl groups is 1. The number of hydrogen-bond donors (Lipinski definition) is 3. The number of nitrogens with zero attached hydrogens (tertiary/aromatic N) is 1. The monoisotopic (exact) mass is 365 g/mol. The molecule has 2 atom stereocenters. The molecule has 1 amide bonds. The number of nitrogens with two attached hydrogens (primary N) is 1. The topological polar surface area (TPSA) is 97.5 Å². The van der Waals surface area contributed by atoms with Crippen molar-refractivity contribution in [1.82, 2.24) is 10.3 Å². The highest BCUT2D eigenvalue weighted by Crippen LogP contribution is 2.30. The number of ether oxygens (including phenoxy) is 1. The van der Waals surface area contributed by atoms with Crippen LogP contribution in [0.15, 0.2) is 28.9 Å². The number of carbonyl (C=O) groups is 1. The van der Waals surface area contributed by atoms with Gasteiger partial charge in [0.05, 0.1) is 35.5 Å². The molecule has 1 fully saturated rings. The van der Waals surface area contributed by atoms with Crippen LogP contribution in [-0.4, -0.2) is 41.4 Å². The van der Waals surface area contributed by atoms with Gasteiger partial charge in [0.1, 0.15) is 0 Å². The fraction of sp³-hybridized carbons (Fsp3) is 0.333. The van der Waals surface area contributed by atoms with Crippen molar-refractivity contribution in [2.75, 3.05) is 18.9 Å². The number of aromatic nitrogens is 1. The highest BCUT2D eigenvalue weighted by Gasteiger charge is 2.26. The number of nitrogens with one attached hydrogen (secondary N) is 1. The number of aliphatic hydroxyl groups excluding tert-OH is 1. The van der Waals surface area contributed by atoms with Crippen molar-refractivity contribution in [2.24, 2.45) is 0 Å². The summed E-state index contributed by atoms with van der Waals surface area (Å²) in [7, 11) is 0. The minimum Gasteiger partial charge on any atom is -0.396 e. The number of halogens is 1. The number of hydrogen-bond acceptors (Lipinski definition) is 5. The van der Waals surface area contributed by atoms with Gasteiger partial charge in [-0.25, -0.2) is 0 Å². The third kappa shape index (κ3) is 2.79. The van der Waals surface area contributed by atoms with Crippen LogP contribution in [0.25, 0.3) is 10.9 Å². The Bertz CT molecular complexity index is 722. The van der Waals surface area contributed by atoms with Gasteiger partial charge in [0.25, 0.3) is 5.91 Å². The summed E-state index contributed by atoms with van der Waals surface area (Å²) >= 11 is 3.44. The predicted molar refractivity (Wildman–Crippen MR) is 86.6 cm³/mol. The van der Waals surface area contributed by atoms with E-state index in [0.717, 1.165) is 9.86 Å². The summed E-state index contributed by atoms with van der Waals surface area (Å²) in [5.41, 5.74) is 7.35. The number of benzene rings is 1. The Hall–Kier alpha value is -1.70. The van der Waals surface area contributed by atoms with Gasteiger partial charge in [-0.15, -0.1) is 0 Å². The van der Waals surface area contributed by atoms with E-state index in [1.54, 1.807) is 12.3 Å². The molecule has 0 bridgehead atoms. The fourth-order valence-electron chi connectivity index (χ4n) is 2.55. The number of fused-ring (bicyclic) bond motifs is 1. The van der Waals surface area contributed by atoms with E-state index in [4.69, 9.17) is 10.5 Å². The minimum absolute atomic E-state index is 0.226. The van der Waals surface area contributed by atoms with E-state index in [1.165, 1.54) is 0 Å². The summed E-state index contributed by atoms with van der Waals surface area (Å²) in [5.74, 6) is -0.322. The summed E-state index contributed by atoms with van der Waals surface area (Å²) in [6, 6.07) is 5.04. The number of pyridine rings is 1. The van der Waals surface area contributed by atoms with Crippen LogP contribution in [-0.2, 0) is 4.74 Å². The van der Waals surface area contributed by atoms with Crippen LogP contribution < -0.4 is 11.1 Å². The standard InChI is InChI=1S/C15H16BrN3O3/c16-10-6-9(13(17)14-8(10)2-1-4-18-14)15(21)19-11-3-5-22-7-12(11)20/h1-2,4,6,11-12,20H,3,5,7,17H2,(H,19,21). The van der Waals surface area contributed by atoms with Gasteiger partial charge in [-0.1, -0.05) is 22.0 Å². The van der Waals surface area contributed by atoms with E-state index in [-0.39, 0.29) is 18.6 Å². The summed E-state index contributed by atoms with van der Waals surface area (Å²) in [6.45, 7) is 0.740. The van der Waals surface area contributed by atoms with Gasteiger partial charge in [0.15, 0.2) is 0 Å². The van der Waals surface area contributed by atoms with Crippen molar-refractivity contribution in [3.63, 3.8) is 0 Å². The number of rotatable bonds is 2. The highest BCUT2D eigenvalue weighted by molar-refractivity contribution is 9.10. The molecule has 116 valence electrons. The van der Waals surface area contributed by atoms with Crippen molar-refractivity contribution in [3.05, 3.63) is 34.4 Å². The lowest BCUT2D eigenvalue weighted by Gasteiger charge is -2.28. The van der Waals surface area contributed by atoms with E-state index < -0.39 is 6.10 Å². The van der Waals surface area contributed by atoms with Gasteiger partial charge < -0.3 is 20.9 Å². The van der Waals surface area contributed by atoms with Crippen molar-refractivity contribution in [1.29, 1.82) is 0 Å². The lowest BCUT2D eigenvalue weighted by molar-refractivity contribution is -0.0260. The Morgan fingerprint density at radius 1 is 1.55 bits per heavy atom. The van der Waals surface area contributed by atoms with Crippen LogP contribution in [0.2, 0.25) is 0 Å². The molecule has 2 unspecified atom stereocenters. The van der Waals surface area contributed by atoms with Crippen molar-refractivity contribution in [2.45, 2.75) is 18.6 Å². The molecular weight excluding hydrogens is 350 g/mol. The minimum atomic E-state index is -0.707. The van der Waals surface area contributed by atoms with Gasteiger partial charge in [-0.2, -0.15) is 0 Å². The summed E-state index contributed by atoms with van der Waals surface area (Å²) in [5, 5.41) is 13.5. The lowest BCUT2D eigenvalue weighted by atomic mass is 10.0. The van der Waals surface area contributed by atoms with E-state index in [9.17, 15) is 9.90 Å². The molecule has 1 aromatic heterocycles. The van der Waals surface area contributed by atoms with Gasteiger partial charge in [0.2, 0.25) is 0 Å². The van der Waals surface area contributed by atoms with Crippen molar-refractivity contribution >= 4 is 38.4 Å². The molecule has 1 aliphatic rings. The summed E-state index contributed by atoms with van der Waals surface area (Å²) in [4.78, 5) is 16.7. The molecule has 1 aromatic carbocycles.